The van der Waals surface area contributed by atoms with Gasteiger partial charge in [-0.1, -0.05) is 23.2 Å². The second-order valence-corrected chi connectivity index (χ2v) is 3.86. The molecule has 1 aromatic carbocycles. The molecule has 0 spiro atoms. The molecular formula is C8H2Cl4O2. The van der Waals surface area contributed by atoms with Crippen LogP contribution in [0.15, 0.2) is 12.1 Å². The fourth-order valence-electron chi connectivity index (χ4n) is 0.874. The van der Waals surface area contributed by atoms with E-state index >= 15 is 0 Å². The summed E-state index contributed by atoms with van der Waals surface area (Å²) >= 11 is 21.8. The van der Waals surface area contributed by atoms with Gasteiger partial charge in [0.15, 0.2) is 0 Å². The third kappa shape index (κ3) is 2.39. The van der Waals surface area contributed by atoms with Crippen LogP contribution >= 0.6 is 46.4 Å². The zero-order valence-electron chi connectivity index (χ0n) is 6.48. The molecule has 0 saturated carbocycles. The van der Waals surface area contributed by atoms with E-state index in [1.807, 2.05) is 0 Å². The van der Waals surface area contributed by atoms with Gasteiger partial charge in [0.25, 0.3) is 10.5 Å². The zero-order chi connectivity index (χ0) is 10.9. The molecule has 0 aliphatic carbocycles. The van der Waals surface area contributed by atoms with E-state index in [-0.39, 0.29) is 21.2 Å². The lowest BCUT2D eigenvalue weighted by Crippen LogP contribution is -1.96. The van der Waals surface area contributed by atoms with Crippen LogP contribution < -0.4 is 0 Å². The number of hydrogen-bond donors (Lipinski definition) is 0. The van der Waals surface area contributed by atoms with Crippen LogP contribution in [0.25, 0.3) is 0 Å². The lowest BCUT2D eigenvalue weighted by molar-refractivity contribution is 0.107. The van der Waals surface area contributed by atoms with Crippen molar-refractivity contribution in [2.75, 3.05) is 0 Å². The van der Waals surface area contributed by atoms with Crippen molar-refractivity contribution in [2.45, 2.75) is 0 Å². The van der Waals surface area contributed by atoms with E-state index in [4.69, 9.17) is 46.4 Å². The first kappa shape index (κ1) is 11.8. The van der Waals surface area contributed by atoms with Gasteiger partial charge in [0.2, 0.25) is 0 Å². The lowest BCUT2D eigenvalue weighted by atomic mass is 10.1. The summed E-state index contributed by atoms with van der Waals surface area (Å²) in [7, 11) is 0. The zero-order valence-corrected chi connectivity index (χ0v) is 9.51. The van der Waals surface area contributed by atoms with Crippen molar-refractivity contribution in [3.05, 3.63) is 33.3 Å². The Morgan fingerprint density at radius 3 is 1.64 bits per heavy atom. The van der Waals surface area contributed by atoms with Crippen molar-refractivity contribution < 1.29 is 9.59 Å². The van der Waals surface area contributed by atoms with E-state index < -0.39 is 10.5 Å². The Morgan fingerprint density at radius 2 is 1.36 bits per heavy atom. The van der Waals surface area contributed by atoms with E-state index in [0.717, 1.165) is 0 Å². The Balaban J connectivity index is 3.39. The maximum absolute atomic E-state index is 10.8. The molecule has 0 fully saturated rings. The highest BCUT2D eigenvalue weighted by Crippen LogP contribution is 2.28. The molecule has 0 unspecified atom stereocenters. The second-order valence-electron chi connectivity index (χ2n) is 2.36. The molecule has 0 aliphatic rings. The highest BCUT2D eigenvalue weighted by molar-refractivity contribution is 6.70. The Labute approximate surface area is 99.7 Å². The Morgan fingerprint density at radius 1 is 0.929 bits per heavy atom. The number of carbonyl (C=O) groups is 2. The van der Waals surface area contributed by atoms with Gasteiger partial charge in [-0.25, -0.2) is 0 Å². The topological polar surface area (TPSA) is 34.1 Å². The molecule has 14 heavy (non-hydrogen) atoms. The van der Waals surface area contributed by atoms with Crippen molar-refractivity contribution in [3.63, 3.8) is 0 Å². The minimum absolute atomic E-state index is 0.00139. The minimum Gasteiger partial charge on any atom is -0.276 e. The monoisotopic (exact) mass is 270 g/mol. The molecule has 1 rings (SSSR count). The summed E-state index contributed by atoms with van der Waals surface area (Å²) in [6, 6.07) is 2.47. The van der Waals surface area contributed by atoms with Crippen LogP contribution in [0, 0.1) is 0 Å². The standard InChI is InChI=1S/C8H2Cl4O2/c9-4-1-3(7(11)13)2-5(10)6(4)8(12)14/h1-2H. The molecule has 0 radical (unpaired) electrons. The molecular weight excluding hydrogens is 270 g/mol. The lowest BCUT2D eigenvalue weighted by Gasteiger charge is -2.03. The SMILES string of the molecule is O=C(Cl)c1cc(Cl)c(C(=O)Cl)c(Cl)c1. The van der Waals surface area contributed by atoms with E-state index in [1.165, 1.54) is 12.1 Å². The molecule has 0 amide bonds. The summed E-state index contributed by atoms with van der Waals surface area (Å²) in [4.78, 5) is 21.6. The van der Waals surface area contributed by atoms with E-state index in [9.17, 15) is 9.59 Å². The Bertz CT molecular complexity index is 391. The number of hydrogen-bond acceptors (Lipinski definition) is 2. The third-order valence-corrected chi connectivity index (χ3v) is 2.47. The van der Waals surface area contributed by atoms with E-state index in [2.05, 4.69) is 0 Å². The van der Waals surface area contributed by atoms with Crippen LogP contribution in [-0.2, 0) is 0 Å². The largest absolute Gasteiger partial charge is 0.276 e. The number of rotatable bonds is 2. The Kier molecular flexibility index (Phi) is 3.78. The van der Waals surface area contributed by atoms with Crippen molar-refractivity contribution in [3.8, 4) is 0 Å². The fraction of sp³-hybridized carbons (Fsp3) is 0. The van der Waals surface area contributed by atoms with E-state index in [1.54, 1.807) is 0 Å². The molecule has 1 aromatic rings. The molecule has 0 bridgehead atoms. The average Bonchev–Trinajstić information content (AvgIpc) is 2.01. The predicted octanol–water partition coefficient (Wildman–Crippen LogP) is 3.75. The summed E-state index contributed by atoms with van der Waals surface area (Å²) in [5.41, 5.74) is 0.0833. The fourth-order valence-corrected chi connectivity index (χ4v) is 1.94. The van der Waals surface area contributed by atoms with Crippen LogP contribution in [-0.4, -0.2) is 10.5 Å². The summed E-state index contributed by atoms with van der Waals surface area (Å²) in [6.07, 6.45) is 0. The van der Waals surface area contributed by atoms with Crippen LogP contribution in [0.1, 0.15) is 20.7 Å². The van der Waals surface area contributed by atoms with Gasteiger partial charge in [-0.3, -0.25) is 9.59 Å². The number of benzene rings is 1. The summed E-state index contributed by atoms with van der Waals surface area (Å²) in [5, 5.41) is -1.49. The highest BCUT2D eigenvalue weighted by Gasteiger charge is 2.15. The van der Waals surface area contributed by atoms with Crippen molar-refractivity contribution in [1.82, 2.24) is 0 Å². The first-order chi connectivity index (χ1) is 6.43. The first-order valence-corrected chi connectivity index (χ1v) is 4.83. The molecule has 0 saturated heterocycles. The molecule has 6 heteroatoms. The predicted molar refractivity (Wildman–Crippen MR) is 56.8 cm³/mol. The number of carbonyl (C=O) groups excluding carboxylic acids is 2. The average molecular weight is 272 g/mol. The van der Waals surface area contributed by atoms with Crippen LogP contribution in [0.5, 0.6) is 0 Å². The summed E-state index contributed by atoms with van der Waals surface area (Å²) < 4.78 is 0. The maximum Gasteiger partial charge on any atom is 0.255 e. The quantitative estimate of drug-likeness (QED) is 0.768. The van der Waals surface area contributed by atoms with Gasteiger partial charge in [0.05, 0.1) is 15.6 Å². The Hall–Kier alpha value is -0.280. The normalized spacial score (nSPS) is 10.0. The van der Waals surface area contributed by atoms with Gasteiger partial charge in [0, 0.05) is 5.56 Å². The van der Waals surface area contributed by atoms with Gasteiger partial charge in [-0.15, -0.1) is 0 Å². The highest BCUT2D eigenvalue weighted by atomic mass is 35.5. The van der Waals surface area contributed by atoms with Crippen LogP contribution in [0.4, 0.5) is 0 Å². The maximum atomic E-state index is 10.8. The van der Waals surface area contributed by atoms with Crippen molar-refractivity contribution in [1.29, 1.82) is 0 Å². The van der Waals surface area contributed by atoms with Gasteiger partial charge >= 0.3 is 0 Å². The molecule has 0 N–H and O–H groups in total. The smallest absolute Gasteiger partial charge is 0.255 e. The molecule has 0 aliphatic heterocycles. The van der Waals surface area contributed by atoms with Gasteiger partial charge in [0.1, 0.15) is 0 Å². The molecule has 0 aromatic heterocycles. The third-order valence-electron chi connectivity index (χ3n) is 1.47. The second kappa shape index (κ2) is 4.49. The molecule has 0 atom stereocenters. The summed E-state index contributed by atoms with van der Waals surface area (Å²) in [5.74, 6) is 0. The van der Waals surface area contributed by atoms with Crippen LogP contribution in [0.3, 0.4) is 0 Å². The number of halogens is 4. The van der Waals surface area contributed by atoms with Gasteiger partial charge < -0.3 is 0 Å². The van der Waals surface area contributed by atoms with Crippen LogP contribution in [0.2, 0.25) is 10.0 Å². The molecule has 0 heterocycles. The van der Waals surface area contributed by atoms with E-state index in [0.29, 0.717) is 0 Å². The first-order valence-electron chi connectivity index (χ1n) is 3.32. The molecule has 74 valence electrons. The van der Waals surface area contributed by atoms with Gasteiger partial charge in [-0.2, -0.15) is 0 Å². The van der Waals surface area contributed by atoms with Crippen molar-refractivity contribution >= 4 is 56.9 Å². The van der Waals surface area contributed by atoms with Crippen molar-refractivity contribution in [2.24, 2.45) is 0 Å². The molecule has 2 nitrogen and oxygen atoms in total. The van der Waals surface area contributed by atoms with Gasteiger partial charge in [-0.05, 0) is 35.3 Å². The summed E-state index contributed by atoms with van der Waals surface area (Å²) in [6.45, 7) is 0. The minimum atomic E-state index is -0.784.